The summed E-state index contributed by atoms with van der Waals surface area (Å²) in [5.74, 6) is -4.80. The highest BCUT2D eigenvalue weighted by molar-refractivity contribution is 6.16. The molecule has 0 unspecified atom stereocenters. The van der Waals surface area contributed by atoms with E-state index in [9.17, 15) is 19.8 Å². The van der Waals surface area contributed by atoms with Crippen molar-refractivity contribution < 1.29 is 38.1 Å². The monoisotopic (exact) mass is 790 g/mol. The van der Waals surface area contributed by atoms with E-state index in [-0.39, 0.29) is 55.7 Å². The van der Waals surface area contributed by atoms with Gasteiger partial charge in [0.15, 0.2) is 11.6 Å². The second kappa shape index (κ2) is 12.9. The predicted molar refractivity (Wildman–Crippen MR) is 226 cm³/mol. The van der Waals surface area contributed by atoms with E-state index < -0.39 is 79.0 Å². The van der Waals surface area contributed by atoms with Gasteiger partial charge in [-0.1, -0.05) is 79.7 Å². The van der Waals surface area contributed by atoms with Gasteiger partial charge in [-0.3, -0.25) is 9.59 Å². The van der Waals surface area contributed by atoms with Crippen molar-refractivity contribution in [2.24, 2.45) is 11.8 Å². The Morgan fingerprint density at radius 3 is 1.12 bits per heavy atom. The molecule has 2 aromatic carbocycles. The first-order chi connectivity index (χ1) is 26.6. The van der Waals surface area contributed by atoms with Crippen LogP contribution in [0.1, 0.15) is 126 Å². The zero-order chi connectivity index (χ0) is 43.6. The molecule has 2 atom stereocenters. The number of hydrogen-bond donors (Lipinski definition) is 2. The zero-order valence-electron chi connectivity index (χ0n) is 35.6. The lowest BCUT2D eigenvalue weighted by Crippen LogP contribution is -2.60. The van der Waals surface area contributed by atoms with Crippen molar-refractivity contribution in [3.8, 4) is 23.0 Å². The molecule has 0 aliphatic carbocycles. The largest absolute Gasteiger partial charge is 0.506 e. The molecule has 4 heterocycles. The highest BCUT2D eigenvalue weighted by atomic mass is 16.5. The molecule has 2 aliphatic rings. The molecule has 0 fully saturated rings. The number of rotatable bonds is 9. The third-order valence-corrected chi connectivity index (χ3v) is 12.6. The van der Waals surface area contributed by atoms with Crippen molar-refractivity contribution in [3.63, 3.8) is 0 Å². The van der Waals surface area contributed by atoms with E-state index in [4.69, 9.17) is 18.3 Å². The van der Waals surface area contributed by atoms with Crippen LogP contribution in [0.2, 0.25) is 0 Å². The van der Waals surface area contributed by atoms with Crippen molar-refractivity contribution >= 4 is 33.5 Å². The van der Waals surface area contributed by atoms with Gasteiger partial charge < -0.3 is 28.5 Å². The normalized spacial score (nSPS) is 19.2. The summed E-state index contributed by atoms with van der Waals surface area (Å²) in [6, 6.07) is 3.01. The van der Waals surface area contributed by atoms with Crippen LogP contribution in [-0.2, 0) is 21.7 Å². The highest BCUT2D eigenvalue weighted by Crippen LogP contribution is 2.58. The minimum Gasteiger partial charge on any atom is -0.506 e. The molecule has 0 saturated carbocycles. The minimum atomic E-state index is -1.46. The number of carbonyl (C=O) groups is 2. The van der Waals surface area contributed by atoms with E-state index in [1.165, 1.54) is 12.1 Å². The smallest absolute Gasteiger partial charge is 0.340 e. The molecule has 2 aromatic heterocycles. The molecule has 2 N–H and O–H groups in total. The van der Waals surface area contributed by atoms with Crippen LogP contribution >= 0.6 is 0 Å². The number of allylic oxidation sites excluding steroid dienone is 4. The summed E-state index contributed by atoms with van der Waals surface area (Å²) in [6.07, 6.45) is 6.44. The van der Waals surface area contributed by atoms with Gasteiger partial charge in [0, 0.05) is 43.9 Å². The average molecular weight is 791 g/mol. The van der Waals surface area contributed by atoms with Gasteiger partial charge in [-0.25, -0.2) is 9.59 Å². The standard InChI is InChI=1S/C48H54O10/c1-17-43(5,6)25-21-23-33(49)27-35(51)29(47(13,14)57-39(27)31(45(9,10)19-3)37(23)55-41(25)53)30-36(52)28-34(50)24-22-26(44(7,8)18-2)42(54)56-38(24)32(46(11,12)20-4)40(28)58-48(30,15)16/h17-22,29-30,49-50H,1-4H2,5-16H3/t29-,30-/m1/s1. The topological polar surface area (TPSA) is 153 Å². The summed E-state index contributed by atoms with van der Waals surface area (Å²) in [4.78, 5) is 57.8. The Balaban J connectivity index is 1.69. The van der Waals surface area contributed by atoms with Crippen LogP contribution in [-0.4, -0.2) is 33.0 Å². The molecule has 6 rings (SSSR count). The van der Waals surface area contributed by atoms with E-state index in [1.54, 1.807) is 79.7 Å². The average Bonchev–Trinajstić information content (AvgIpc) is 3.11. The number of benzene rings is 2. The van der Waals surface area contributed by atoms with Crippen molar-refractivity contribution in [2.75, 3.05) is 0 Å². The van der Waals surface area contributed by atoms with Gasteiger partial charge in [-0.05, 0) is 39.8 Å². The molecule has 10 heteroatoms. The lowest BCUT2D eigenvalue weighted by Gasteiger charge is -2.50. The molecule has 306 valence electrons. The molecule has 2 aliphatic heterocycles. The molecule has 0 saturated heterocycles. The number of Topliss-reactive ketones (excluding diaryl/α,β-unsaturated/α-hetero) is 2. The Bertz CT molecular complexity index is 2470. The summed E-state index contributed by atoms with van der Waals surface area (Å²) in [5, 5.41) is 24.5. The van der Waals surface area contributed by atoms with Gasteiger partial charge in [0.05, 0.1) is 22.6 Å². The SMILES string of the molecule is C=CC(C)(C)c1cc2c(O)c3c(c(C(C)(C)C=C)c2oc1=O)OC(C)(C)[C@H]([C@@H]1C(=O)c2c(c(C(C)(C)C=C)c4oc(=O)c(C(C)(C)C=C)cc4c2O)OC1(C)C)C3=O. The Hall–Kier alpha value is -5.64. The quantitative estimate of drug-likeness (QED) is 0.124. The van der Waals surface area contributed by atoms with Gasteiger partial charge in [0.25, 0.3) is 0 Å². The number of phenolic OH excluding ortho intramolecular Hbond substituents is 2. The number of phenols is 2. The first-order valence-corrected chi connectivity index (χ1v) is 19.3. The molecular weight excluding hydrogens is 737 g/mol. The van der Waals surface area contributed by atoms with E-state index in [0.717, 1.165) is 0 Å². The maximum atomic E-state index is 15.4. The number of ether oxygens (including phenoxy) is 2. The number of carbonyl (C=O) groups excluding carboxylic acids is 2. The second-order valence-corrected chi connectivity index (χ2v) is 19.0. The van der Waals surface area contributed by atoms with Crippen LogP contribution in [0.5, 0.6) is 23.0 Å². The molecule has 58 heavy (non-hydrogen) atoms. The van der Waals surface area contributed by atoms with E-state index in [2.05, 4.69) is 26.3 Å². The lowest BCUT2D eigenvalue weighted by atomic mass is 9.63. The maximum absolute atomic E-state index is 15.4. The van der Waals surface area contributed by atoms with Crippen molar-refractivity contribution in [3.05, 3.63) is 117 Å². The third kappa shape index (κ3) is 5.89. The van der Waals surface area contributed by atoms with Crippen LogP contribution in [0.25, 0.3) is 21.9 Å². The number of ketones is 2. The van der Waals surface area contributed by atoms with Crippen molar-refractivity contribution in [1.82, 2.24) is 0 Å². The fourth-order valence-corrected chi connectivity index (χ4v) is 8.46. The van der Waals surface area contributed by atoms with Gasteiger partial charge in [0.1, 0.15) is 56.5 Å². The lowest BCUT2D eigenvalue weighted by molar-refractivity contribution is -0.0472. The van der Waals surface area contributed by atoms with E-state index in [1.807, 2.05) is 27.7 Å². The third-order valence-electron chi connectivity index (χ3n) is 12.6. The molecule has 0 bridgehead atoms. The van der Waals surface area contributed by atoms with Crippen LogP contribution < -0.4 is 20.7 Å². The molecule has 0 amide bonds. The van der Waals surface area contributed by atoms with Crippen LogP contribution in [0.15, 0.2) is 81.2 Å². The number of fused-ring (bicyclic) bond motifs is 4. The molecule has 0 radical (unpaired) electrons. The fourth-order valence-electron chi connectivity index (χ4n) is 8.46. The Morgan fingerprint density at radius 1 is 0.552 bits per heavy atom. The van der Waals surface area contributed by atoms with E-state index >= 15 is 9.59 Å². The first kappa shape index (κ1) is 42.0. The van der Waals surface area contributed by atoms with Gasteiger partial charge in [-0.15, -0.1) is 26.3 Å². The maximum Gasteiger partial charge on any atom is 0.340 e. The van der Waals surface area contributed by atoms with E-state index in [0.29, 0.717) is 11.1 Å². The molecule has 0 spiro atoms. The minimum absolute atomic E-state index is 0.00124. The first-order valence-electron chi connectivity index (χ1n) is 19.3. The molecular formula is C48H54O10. The van der Waals surface area contributed by atoms with Crippen LogP contribution in [0.4, 0.5) is 0 Å². The fraction of sp³-hybridized carbons (Fsp3) is 0.417. The summed E-state index contributed by atoms with van der Waals surface area (Å²) in [6.45, 7) is 36.8. The number of aromatic hydroxyl groups is 2. The summed E-state index contributed by atoms with van der Waals surface area (Å²) < 4.78 is 25.5. The Morgan fingerprint density at radius 2 is 0.845 bits per heavy atom. The highest BCUT2D eigenvalue weighted by Gasteiger charge is 2.60. The molecule has 4 aromatic rings. The van der Waals surface area contributed by atoms with Crippen LogP contribution in [0.3, 0.4) is 0 Å². The van der Waals surface area contributed by atoms with Gasteiger partial charge in [0.2, 0.25) is 0 Å². The summed E-state index contributed by atoms with van der Waals surface area (Å²) in [5.41, 5.74) is -7.11. The summed E-state index contributed by atoms with van der Waals surface area (Å²) >= 11 is 0. The second-order valence-electron chi connectivity index (χ2n) is 19.0. The summed E-state index contributed by atoms with van der Waals surface area (Å²) in [7, 11) is 0. The van der Waals surface area contributed by atoms with Gasteiger partial charge in [-0.2, -0.15) is 0 Å². The van der Waals surface area contributed by atoms with Crippen molar-refractivity contribution in [2.45, 2.75) is 116 Å². The Kier molecular flexibility index (Phi) is 9.36. The zero-order valence-corrected chi connectivity index (χ0v) is 35.6. The Labute approximate surface area is 338 Å². The number of hydrogen-bond acceptors (Lipinski definition) is 10. The van der Waals surface area contributed by atoms with Crippen molar-refractivity contribution in [1.29, 1.82) is 0 Å². The predicted octanol–water partition coefficient (Wildman–Crippen LogP) is 9.80. The van der Waals surface area contributed by atoms with Gasteiger partial charge >= 0.3 is 11.3 Å². The van der Waals surface area contributed by atoms with Crippen LogP contribution in [0, 0.1) is 11.8 Å². The molecule has 10 nitrogen and oxygen atoms in total.